The molecule has 7 nitrogen and oxygen atoms in total. The minimum atomic E-state index is 0.0300. The molecule has 1 aliphatic rings. The van der Waals surface area contributed by atoms with Gasteiger partial charge in [-0.2, -0.15) is 5.10 Å². The maximum Gasteiger partial charge on any atom is 0.251 e. The number of hydrogen-bond acceptors (Lipinski definition) is 5. The Balaban J connectivity index is 1.78. The second-order valence-corrected chi connectivity index (χ2v) is 7.29. The fourth-order valence-electron chi connectivity index (χ4n) is 3.85. The zero-order valence-electron chi connectivity index (χ0n) is 16.0. The lowest BCUT2D eigenvalue weighted by Crippen LogP contribution is -2.40. The molecule has 0 spiro atoms. The van der Waals surface area contributed by atoms with Crippen molar-refractivity contribution in [2.45, 2.75) is 59.4 Å². The van der Waals surface area contributed by atoms with E-state index in [1.54, 1.807) is 4.68 Å². The van der Waals surface area contributed by atoms with Gasteiger partial charge in [0.2, 0.25) is 5.91 Å². The topological polar surface area (TPSA) is 98.7 Å². The first-order chi connectivity index (χ1) is 12.4. The van der Waals surface area contributed by atoms with Gasteiger partial charge in [-0.25, -0.2) is 14.6 Å². The molecule has 0 aromatic carbocycles. The number of aryl methyl sites for hydroxylation is 3. The van der Waals surface area contributed by atoms with Crippen molar-refractivity contribution in [1.82, 2.24) is 25.1 Å². The Morgan fingerprint density at radius 2 is 1.92 bits per heavy atom. The van der Waals surface area contributed by atoms with Crippen molar-refractivity contribution in [2.24, 2.45) is 11.7 Å². The van der Waals surface area contributed by atoms with Gasteiger partial charge < -0.3 is 11.1 Å². The van der Waals surface area contributed by atoms with Crippen LogP contribution in [0, 0.1) is 33.6 Å². The molecule has 1 saturated carbocycles. The highest BCUT2D eigenvalue weighted by Crippen LogP contribution is 2.25. The fourth-order valence-corrected chi connectivity index (χ4v) is 3.85. The van der Waals surface area contributed by atoms with E-state index in [1.165, 1.54) is 0 Å². The monoisotopic (exact) mass is 356 g/mol. The molecule has 3 rings (SSSR count). The molecule has 26 heavy (non-hydrogen) atoms. The molecule has 2 unspecified atom stereocenters. The van der Waals surface area contributed by atoms with E-state index in [4.69, 9.17) is 5.73 Å². The maximum absolute atomic E-state index is 12.6. The van der Waals surface area contributed by atoms with Crippen LogP contribution in [0.1, 0.15) is 47.6 Å². The molecule has 0 bridgehead atoms. The molecule has 140 valence electrons. The second kappa shape index (κ2) is 7.53. The Kier molecular flexibility index (Phi) is 5.36. The van der Waals surface area contributed by atoms with E-state index in [9.17, 15) is 4.79 Å². The minimum Gasteiger partial charge on any atom is -0.353 e. The molecular formula is C19H28N6O. The van der Waals surface area contributed by atoms with Gasteiger partial charge in [0.15, 0.2) is 0 Å². The zero-order valence-corrected chi connectivity index (χ0v) is 16.0. The number of nitrogens with zero attached hydrogens (tertiary/aromatic N) is 4. The summed E-state index contributed by atoms with van der Waals surface area (Å²) in [6.45, 7) is 8.39. The van der Waals surface area contributed by atoms with Crippen LogP contribution >= 0.6 is 0 Å². The Morgan fingerprint density at radius 3 is 2.58 bits per heavy atom. The summed E-state index contributed by atoms with van der Waals surface area (Å²) in [6.07, 6.45) is 3.56. The highest BCUT2D eigenvalue weighted by molar-refractivity contribution is 5.79. The van der Waals surface area contributed by atoms with Crippen LogP contribution in [0.25, 0.3) is 5.95 Å². The summed E-state index contributed by atoms with van der Waals surface area (Å²) in [5.74, 6) is 0.976. The molecule has 2 aromatic rings. The molecule has 0 radical (unpaired) electrons. The summed E-state index contributed by atoms with van der Waals surface area (Å²) in [5.41, 5.74) is 10.3. The number of carbonyl (C=O) groups excluding carboxylic acids is 1. The van der Waals surface area contributed by atoms with Gasteiger partial charge in [-0.15, -0.1) is 0 Å². The highest BCUT2D eigenvalue weighted by Gasteiger charge is 2.28. The van der Waals surface area contributed by atoms with E-state index in [2.05, 4.69) is 20.4 Å². The smallest absolute Gasteiger partial charge is 0.251 e. The van der Waals surface area contributed by atoms with E-state index in [0.717, 1.165) is 47.6 Å². The van der Waals surface area contributed by atoms with Crippen molar-refractivity contribution >= 4 is 5.91 Å². The van der Waals surface area contributed by atoms with E-state index >= 15 is 0 Å². The number of rotatable bonds is 5. The summed E-state index contributed by atoms with van der Waals surface area (Å²) in [5, 5.41) is 7.73. The lowest BCUT2D eigenvalue weighted by atomic mass is 10.0. The van der Waals surface area contributed by atoms with Crippen LogP contribution in [0.15, 0.2) is 6.07 Å². The predicted octanol–water partition coefficient (Wildman–Crippen LogP) is 1.68. The van der Waals surface area contributed by atoms with Crippen LogP contribution in [-0.4, -0.2) is 38.2 Å². The summed E-state index contributed by atoms with van der Waals surface area (Å²) in [7, 11) is 0. The number of aromatic nitrogens is 4. The maximum atomic E-state index is 12.6. The molecule has 0 aliphatic heterocycles. The Morgan fingerprint density at radius 1 is 1.23 bits per heavy atom. The quantitative estimate of drug-likeness (QED) is 0.849. The number of nitrogens with two attached hydrogens (primary N) is 1. The molecule has 7 heteroatoms. The minimum absolute atomic E-state index is 0.0300. The average molecular weight is 356 g/mol. The van der Waals surface area contributed by atoms with Gasteiger partial charge >= 0.3 is 0 Å². The molecular weight excluding hydrogens is 328 g/mol. The van der Waals surface area contributed by atoms with Crippen molar-refractivity contribution in [2.75, 3.05) is 6.54 Å². The fraction of sp³-hybridized carbons (Fsp3) is 0.579. The summed E-state index contributed by atoms with van der Waals surface area (Å²) in [4.78, 5) is 21.5. The SMILES string of the molecule is Cc1cc(C)nc(-n2nc(C)c(CC(=O)NC3CCCC3CN)c2C)n1. The van der Waals surface area contributed by atoms with Crippen LogP contribution in [-0.2, 0) is 11.2 Å². The van der Waals surface area contributed by atoms with Gasteiger partial charge in [0.25, 0.3) is 5.95 Å². The van der Waals surface area contributed by atoms with Crippen molar-refractivity contribution in [1.29, 1.82) is 0 Å². The number of nitrogens with one attached hydrogen (secondary N) is 1. The van der Waals surface area contributed by atoms with Crippen molar-refractivity contribution in [3.8, 4) is 5.95 Å². The molecule has 2 aromatic heterocycles. The standard InChI is InChI=1S/C19H28N6O/c1-11-8-12(2)22-19(21-11)25-14(4)16(13(3)24-25)9-18(26)23-17-7-5-6-15(17)10-20/h8,15,17H,5-7,9-10,20H2,1-4H3,(H,23,26). The largest absolute Gasteiger partial charge is 0.353 e. The Hall–Kier alpha value is -2.28. The number of amides is 1. The average Bonchev–Trinajstić information content (AvgIpc) is 3.13. The number of hydrogen-bond donors (Lipinski definition) is 2. The van der Waals surface area contributed by atoms with Gasteiger partial charge in [-0.3, -0.25) is 4.79 Å². The van der Waals surface area contributed by atoms with Crippen LogP contribution in [0.4, 0.5) is 0 Å². The van der Waals surface area contributed by atoms with Gasteiger partial charge in [0.05, 0.1) is 12.1 Å². The van der Waals surface area contributed by atoms with E-state index < -0.39 is 0 Å². The van der Waals surface area contributed by atoms with Crippen molar-refractivity contribution < 1.29 is 4.79 Å². The van der Waals surface area contributed by atoms with Crippen LogP contribution in [0.3, 0.4) is 0 Å². The van der Waals surface area contributed by atoms with Gasteiger partial charge in [-0.1, -0.05) is 6.42 Å². The predicted molar refractivity (Wildman–Crippen MR) is 100 cm³/mol. The van der Waals surface area contributed by atoms with E-state index in [0.29, 0.717) is 24.8 Å². The normalized spacial score (nSPS) is 19.7. The molecule has 2 heterocycles. The first kappa shape index (κ1) is 18.5. The Bertz CT molecular complexity index is 792. The molecule has 2 atom stereocenters. The summed E-state index contributed by atoms with van der Waals surface area (Å²) in [6, 6.07) is 2.13. The van der Waals surface area contributed by atoms with Crippen LogP contribution in [0.5, 0.6) is 0 Å². The lowest BCUT2D eigenvalue weighted by molar-refractivity contribution is -0.121. The third-order valence-electron chi connectivity index (χ3n) is 5.25. The lowest BCUT2D eigenvalue weighted by Gasteiger charge is -2.19. The molecule has 1 amide bonds. The van der Waals surface area contributed by atoms with Crippen molar-refractivity contribution in [3.05, 3.63) is 34.4 Å². The number of carbonyl (C=O) groups is 1. The first-order valence-corrected chi connectivity index (χ1v) is 9.26. The van der Waals surface area contributed by atoms with E-state index in [-0.39, 0.29) is 11.9 Å². The summed E-state index contributed by atoms with van der Waals surface area (Å²) < 4.78 is 1.73. The Labute approximate surface area is 154 Å². The first-order valence-electron chi connectivity index (χ1n) is 9.26. The molecule has 3 N–H and O–H groups in total. The zero-order chi connectivity index (χ0) is 18.8. The highest BCUT2D eigenvalue weighted by atomic mass is 16.1. The molecule has 1 fully saturated rings. The van der Waals surface area contributed by atoms with Gasteiger partial charge in [-0.05, 0) is 59.1 Å². The third kappa shape index (κ3) is 3.77. The molecule has 1 aliphatic carbocycles. The summed E-state index contributed by atoms with van der Waals surface area (Å²) >= 11 is 0. The van der Waals surface area contributed by atoms with Gasteiger partial charge in [0, 0.05) is 28.7 Å². The van der Waals surface area contributed by atoms with Crippen LogP contribution in [0.2, 0.25) is 0 Å². The second-order valence-electron chi connectivity index (χ2n) is 7.29. The molecule has 0 saturated heterocycles. The third-order valence-corrected chi connectivity index (χ3v) is 5.25. The van der Waals surface area contributed by atoms with Crippen molar-refractivity contribution in [3.63, 3.8) is 0 Å². The van der Waals surface area contributed by atoms with Crippen LogP contribution < -0.4 is 11.1 Å². The van der Waals surface area contributed by atoms with E-state index in [1.807, 2.05) is 33.8 Å². The van der Waals surface area contributed by atoms with Gasteiger partial charge in [0.1, 0.15) is 0 Å².